The van der Waals surface area contributed by atoms with Crippen molar-refractivity contribution in [1.82, 2.24) is 14.5 Å². The molecule has 4 aromatic rings. The molecule has 26 heavy (non-hydrogen) atoms. The molecule has 0 saturated carbocycles. The first kappa shape index (κ1) is 16.2. The van der Waals surface area contributed by atoms with Gasteiger partial charge in [-0.05, 0) is 36.6 Å². The normalized spacial score (nSPS) is 10.6. The Labute approximate surface area is 155 Å². The van der Waals surface area contributed by atoms with Crippen LogP contribution in [0.1, 0.15) is 5.56 Å². The van der Waals surface area contributed by atoms with Crippen LogP contribution < -0.4 is 5.32 Å². The molecule has 4 rings (SSSR count). The van der Waals surface area contributed by atoms with Crippen LogP contribution in [-0.2, 0) is 0 Å². The van der Waals surface area contributed by atoms with Crippen LogP contribution in [-0.4, -0.2) is 20.8 Å². The minimum Gasteiger partial charge on any atom is -0.354 e. The van der Waals surface area contributed by atoms with E-state index < -0.39 is 0 Å². The number of nitrogens with one attached hydrogen (secondary N) is 1. The van der Waals surface area contributed by atoms with Gasteiger partial charge in [-0.2, -0.15) is 5.26 Å². The largest absolute Gasteiger partial charge is 0.354 e. The highest BCUT2D eigenvalue weighted by atomic mass is 32.2. The number of fused-ring (bicyclic) bond motifs is 1. The highest BCUT2D eigenvalue weighted by molar-refractivity contribution is 7.98. The second-order valence-electron chi connectivity index (χ2n) is 5.64. The smallest absolute Gasteiger partial charge is 0.116 e. The zero-order valence-corrected chi connectivity index (χ0v) is 14.9. The highest BCUT2D eigenvalue weighted by Gasteiger charge is 2.14. The molecular formula is C20H15N5S. The first-order chi connectivity index (χ1) is 12.8. The summed E-state index contributed by atoms with van der Waals surface area (Å²) in [5.41, 5.74) is 4.16. The van der Waals surface area contributed by atoms with E-state index >= 15 is 0 Å². The second kappa shape index (κ2) is 6.90. The van der Waals surface area contributed by atoms with E-state index in [0.717, 1.165) is 33.0 Å². The fourth-order valence-electron chi connectivity index (χ4n) is 2.84. The minimum absolute atomic E-state index is 0.565. The molecule has 0 amide bonds. The van der Waals surface area contributed by atoms with Crippen molar-refractivity contribution in [3.63, 3.8) is 0 Å². The molecule has 0 atom stereocenters. The van der Waals surface area contributed by atoms with Crippen molar-refractivity contribution in [2.24, 2.45) is 0 Å². The van der Waals surface area contributed by atoms with Crippen molar-refractivity contribution < 1.29 is 0 Å². The molecule has 0 aliphatic carbocycles. The predicted octanol–water partition coefficient (Wildman–Crippen LogP) is 4.76. The van der Waals surface area contributed by atoms with E-state index in [2.05, 4.69) is 21.4 Å². The minimum atomic E-state index is 0.565. The maximum absolute atomic E-state index is 9.68. The second-order valence-corrected chi connectivity index (χ2v) is 6.44. The summed E-state index contributed by atoms with van der Waals surface area (Å²) >= 11 is 1.48. The van der Waals surface area contributed by atoms with Crippen LogP contribution in [0.3, 0.4) is 0 Å². The van der Waals surface area contributed by atoms with E-state index in [1.54, 1.807) is 12.5 Å². The van der Waals surface area contributed by atoms with E-state index in [1.807, 2.05) is 65.6 Å². The molecule has 0 fully saturated rings. The van der Waals surface area contributed by atoms with Crippen LogP contribution in [0.15, 0.2) is 72.3 Å². The fraction of sp³-hybridized carbons (Fsp3) is 0.0500. The van der Waals surface area contributed by atoms with E-state index in [-0.39, 0.29) is 0 Å². The molecule has 0 radical (unpaired) electrons. The summed E-state index contributed by atoms with van der Waals surface area (Å²) in [7, 11) is 0. The van der Waals surface area contributed by atoms with Gasteiger partial charge in [0.05, 0.1) is 17.5 Å². The zero-order chi connectivity index (χ0) is 17.9. The Hall–Kier alpha value is -3.30. The van der Waals surface area contributed by atoms with Crippen LogP contribution in [0.25, 0.3) is 16.6 Å². The number of benzene rings is 2. The SMILES string of the molecule is CSc1nc2ccccc2c(Nc2ccc(-n3ccnc3)cc2)c1C#N. The van der Waals surface area contributed by atoms with Gasteiger partial charge in [0.25, 0.3) is 0 Å². The molecule has 0 aliphatic heterocycles. The lowest BCUT2D eigenvalue weighted by Gasteiger charge is -2.14. The topological polar surface area (TPSA) is 66.5 Å². The van der Waals surface area contributed by atoms with Crippen molar-refractivity contribution >= 4 is 34.0 Å². The lowest BCUT2D eigenvalue weighted by molar-refractivity contribution is 1.06. The maximum Gasteiger partial charge on any atom is 0.116 e. The molecule has 2 aromatic heterocycles. The van der Waals surface area contributed by atoms with Gasteiger partial charge in [-0.1, -0.05) is 18.2 Å². The molecule has 2 aromatic carbocycles. The molecule has 126 valence electrons. The van der Waals surface area contributed by atoms with Crippen LogP contribution >= 0.6 is 11.8 Å². The first-order valence-electron chi connectivity index (χ1n) is 8.02. The Bertz CT molecular complexity index is 1100. The molecular weight excluding hydrogens is 342 g/mol. The van der Waals surface area contributed by atoms with Crippen molar-refractivity contribution in [2.45, 2.75) is 5.03 Å². The van der Waals surface area contributed by atoms with Crippen LogP contribution in [0.5, 0.6) is 0 Å². The molecule has 0 spiro atoms. The van der Waals surface area contributed by atoms with Crippen LogP contribution in [0.4, 0.5) is 11.4 Å². The molecule has 6 heteroatoms. The average molecular weight is 357 g/mol. The number of nitrogens with zero attached hydrogens (tertiary/aromatic N) is 4. The molecule has 2 heterocycles. The van der Waals surface area contributed by atoms with Crippen LogP contribution in [0.2, 0.25) is 0 Å². The number of rotatable bonds is 4. The molecule has 0 bridgehead atoms. The van der Waals surface area contributed by atoms with Crippen molar-refractivity contribution in [2.75, 3.05) is 11.6 Å². The Balaban J connectivity index is 1.78. The van der Waals surface area contributed by atoms with E-state index in [4.69, 9.17) is 0 Å². The van der Waals surface area contributed by atoms with Gasteiger partial charge in [-0.15, -0.1) is 11.8 Å². The van der Waals surface area contributed by atoms with E-state index in [0.29, 0.717) is 5.56 Å². The van der Waals surface area contributed by atoms with Gasteiger partial charge < -0.3 is 9.88 Å². The summed E-state index contributed by atoms with van der Waals surface area (Å²) in [5, 5.41) is 14.8. The summed E-state index contributed by atoms with van der Waals surface area (Å²) in [4.78, 5) is 8.67. The zero-order valence-electron chi connectivity index (χ0n) is 14.0. The quantitative estimate of drug-likeness (QED) is 0.534. The van der Waals surface area contributed by atoms with Gasteiger partial charge in [-0.3, -0.25) is 0 Å². The number of aromatic nitrogens is 3. The van der Waals surface area contributed by atoms with E-state index in [9.17, 15) is 5.26 Å². The fourth-order valence-corrected chi connectivity index (χ4v) is 3.39. The molecule has 1 N–H and O–H groups in total. The van der Waals surface area contributed by atoms with Gasteiger partial charge in [0.2, 0.25) is 0 Å². The number of nitriles is 1. The third kappa shape index (κ3) is 2.89. The van der Waals surface area contributed by atoms with Crippen molar-refractivity contribution in [3.05, 3.63) is 72.8 Å². The van der Waals surface area contributed by atoms with Gasteiger partial charge in [0, 0.05) is 29.2 Å². The van der Waals surface area contributed by atoms with Crippen molar-refractivity contribution in [1.29, 1.82) is 5.26 Å². The van der Waals surface area contributed by atoms with E-state index in [1.165, 1.54) is 11.8 Å². The molecule has 0 saturated heterocycles. The predicted molar refractivity (Wildman–Crippen MR) is 105 cm³/mol. The van der Waals surface area contributed by atoms with Crippen LogP contribution in [0, 0.1) is 11.3 Å². The first-order valence-corrected chi connectivity index (χ1v) is 9.25. The third-order valence-corrected chi connectivity index (χ3v) is 4.79. The third-order valence-electron chi connectivity index (χ3n) is 4.10. The van der Waals surface area contributed by atoms with Gasteiger partial charge >= 0.3 is 0 Å². The maximum atomic E-state index is 9.68. The van der Waals surface area contributed by atoms with Gasteiger partial charge in [0.15, 0.2) is 0 Å². The lowest BCUT2D eigenvalue weighted by atomic mass is 10.1. The highest BCUT2D eigenvalue weighted by Crippen LogP contribution is 2.34. The summed E-state index contributed by atoms with van der Waals surface area (Å²) in [5.74, 6) is 0. The number of imidazole rings is 1. The van der Waals surface area contributed by atoms with Gasteiger partial charge in [0.1, 0.15) is 16.7 Å². The number of thioether (sulfide) groups is 1. The Morgan fingerprint density at radius 2 is 1.92 bits per heavy atom. The summed E-state index contributed by atoms with van der Waals surface area (Å²) in [6, 6.07) is 18.2. The lowest BCUT2D eigenvalue weighted by Crippen LogP contribution is -1.99. The number of hydrogen-bond donors (Lipinski definition) is 1. The summed E-state index contributed by atoms with van der Waals surface area (Å²) in [6.45, 7) is 0. The van der Waals surface area contributed by atoms with Crippen molar-refractivity contribution in [3.8, 4) is 11.8 Å². The number of pyridine rings is 1. The number of hydrogen-bond acceptors (Lipinski definition) is 5. The Morgan fingerprint density at radius 3 is 2.62 bits per heavy atom. The molecule has 0 aliphatic rings. The monoisotopic (exact) mass is 357 g/mol. The number of anilines is 2. The molecule has 0 unspecified atom stereocenters. The average Bonchev–Trinajstić information content (AvgIpc) is 3.23. The van der Waals surface area contributed by atoms with Gasteiger partial charge in [-0.25, -0.2) is 9.97 Å². The number of para-hydroxylation sites is 1. The Morgan fingerprint density at radius 1 is 1.12 bits per heavy atom. The standard InChI is InChI=1S/C20H15N5S/c1-26-20-17(12-21)19(16-4-2-3-5-18(16)24-20)23-14-6-8-15(9-7-14)25-11-10-22-13-25/h2-11,13H,1H3,(H,23,24). The Kier molecular flexibility index (Phi) is 4.30. The summed E-state index contributed by atoms with van der Waals surface area (Å²) in [6.07, 6.45) is 7.34. The molecule has 5 nitrogen and oxygen atoms in total. The summed E-state index contributed by atoms with van der Waals surface area (Å²) < 4.78 is 1.94.